The first-order valence-electron chi connectivity index (χ1n) is 6.51. The van der Waals surface area contributed by atoms with Crippen LogP contribution in [0.1, 0.15) is 12.5 Å². The highest BCUT2D eigenvalue weighted by Gasteiger charge is 2.16. The van der Waals surface area contributed by atoms with Crippen molar-refractivity contribution in [3.8, 4) is 11.5 Å². The summed E-state index contributed by atoms with van der Waals surface area (Å²) in [5, 5.41) is 14.6. The van der Waals surface area contributed by atoms with Gasteiger partial charge >= 0.3 is 5.69 Å². The molecule has 0 bridgehead atoms. The highest BCUT2D eigenvalue weighted by molar-refractivity contribution is 6.30. The molecule has 21 heavy (non-hydrogen) atoms. The molecule has 0 radical (unpaired) electrons. The lowest BCUT2D eigenvalue weighted by Gasteiger charge is -2.08. The molecule has 0 aromatic heterocycles. The van der Waals surface area contributed by atoms with Crippen molar-refractivity contribution in [2.24, 2.45) is 0 Å². The summed E-state index contributed by atoms with van der Waals surface area (Å²) >= 11 is 5.87. The molecule has 0 saturated carbocycles. The van der Waals surface area contributed by atoms with Crippen LogP contribution in [0.15, 0.2) is 42.5 Å². The number of nitrogens with one attached hydrogen (secondary N) is 1. The van der Waals surface area contributed by atoms with Gasteiger partial charge in [0.15, 0.2) is 0 Å². The SMILES string of the molecule is CCNCc1cccc(Oc2cc(Cl)ccc2[N+](=O)[O-])c1. The molecule has 0 amide bonds. The number of nitro groups is 1. The summed E-state index contributed by atoms with van der Waals surface area (Å²) in [6, 6.07) is 11.6. The third-order valence-electron chi connectivity index (χ3n) is 2.82. The lowest BCUT2D eigenvalue weighted by atomic mass is 10.2. The second-order valence-corrected chi connectivity index (χ2v) is 4.84. The predicted molar refractivity (Wildman–Crippen MR) is 82.0 cm³/mol. The molecule has 0 fully saturated rings. The molecular formula is C15H15ClN2O3. The van der Waals surface area contributed by atoms with E-state index in [0.29, 0.717) is 17.3 Å². The van der Waals surface area contributed by atoms with E-state index in [1.165, 1.54) is 18.2 Å². The largest absolute Gasteiger partial charge is 0.450 e. The summed E-state index contributed by atoms with van der Waals surface area (Å²) in [4.78, 5) is 10.5. The maximum absolute atomic E-state index is 11.0. The minimum atomic E-state index is -0.492. The smallest absolute Gasteiger partial charge is 0.311 e. The van der Waals surface area contributed by atoms with E-state index < -0.39 is 4.92 Å². The average Bonchev–Trinajstić information content (AvgIpc) is 2.45. The molecule has 2 rings (SSSR count). The molecule has 0 unspecified atom stereocenters. The van der Waals surface area contributed by atoms with Crippen molar-refractivity contribution in [2.75, 3.05) is 6.54 Å². The zero-order chi connectivity index (χ0) is 15.2. The van der Waals surface area contributed by atoms with Gasteiger partial charge in [0, 0.05) is 23.7 Å². The topological polar surface area (TPSA) is 64.4 Å². The van der Waals surface area contributed by atoms with Crippen LogP contribution in [0.25, 0.3) is 0 Å². The van der Waals surface area contributed by atoms with Crippen LogP contribution < -0.4 is 10.1 Å². The van der Waals surface area contributed by atoms with Crippen LogP contribution in [0.3, 0.4) is 0 Å². The molecule has 0 spiro atoms. The third kappa shape index (κ3) is 4.18. The lowest BCUT2D eigenvalue weighted by molar-refractivity contribution is -0.385. The van der Waals surface area contributed by atoms with Gasteiger partial charge in [-0.2, -0.15) is 0 Å². The Bertz CT molecular complexity index is 647. The molecule has 0 heterocycles. The summed E-state index contributed by atoms with van der Waals surface area (Å²) < 4.78 is 5.62. The van der Waals surface area contributed by atoms with Gasteiger partial charge in [-0.15, -0.1) is 0 Å². The Hall–Kier alpha value is -2.11. The van der Waals surface area contributed by atoms with Crippen LogP contribution in [0, 0.1) is 10.1 Å². The summed E-state index contributed by atoms with van der Waals surface area (Å²) in [6.45, 7) is 3.60. The number of ether oxygens (including phenoxy) is 1. The molecule has 2 aromatic carbocycles. The highest BCUT2D eigenvalue weighted by Crippen LogP contribution is 2.33. The van der Waals surface area contributed by atoms with E-state index in [0.717, 1.165) is 12.1 Å². The number of hydrogen-bond acceptors (Lipinski definition) is 4. The minimum Gasteiger partial charge on any atom is -0.450 e. The molecule has 0 saturated heterocycles. The van der Waals surface area contributed by atoms with Crippen molar-refractivity contribution in [1.82, 2.24) is 5.32 Å². The van der Waals surface area contributed by atoms with Crippen molar-refractivity contribution >= 4 is 17.3 Å². The zero-order valence-corrected chi connectivity index (χ0v) is 12.3. The second kappa shape index (κ2) is 7.06. The first kappa shape index (κ1) is 15.3. The standard InChI is InChI=1S/C15H15ClN2O3/c1-2-17-10-11-4-3-5-13(8-11)21-15-9-12(16)6-7-14(15)18(19)20/h3-9,17H,2,10H2,1H3. The molecule has 0 aliphatic rings. The van der Waals surface area contributed by atoms with Gasteiger partial charge in [-0.25, -0.2) is 0 Å². The quantitative estimate of drug-likeness (QED) is 0.643. The summed E-state index contributed by atoms with van der Waals surface area (Å²) in [6.07, 6.45) is 0. The molecule has 2 aromatic rings. The van der Waals surface area contributed by atoms with Gasteiger partial charge < -0.3 is 10.1 Å². The van der Waals surface area contributed by atoms with Gasteiger partial charge in [0.1, 0.15) is 5.75 Å². The van der Waals surface area contributed by atoms with Crippen molar-refractivity contribution in [3.05, 3.63) is 63.2 Å². The number of benzene rings is 2. The van der Waals surface area contributed by atoms with Crippen molar-refractivity contribution < 1.29 is 9.66 Å². The van der Waals surface area contributed by atoms with Gasteiger partial charge in [0.05, 0.1) is 4.92 Å². The first-order chi connectivity index (χ1) is 10.1. The Morgan fingerprint density at radius 3 is 2.81 bits per heavy atom. The predicted octanol–water partition coefficient (Wildman–Crippen LogP) is 4.15. The maximum atomic E-state index is 11.0. The fraction of sp³-hybridized carbons (Fsp3) is 0.200. The first-order valence-corrected chi connectivity index (χ1v) is 6.89. The number of nitrogens with zero attached hydrogens (tertiary/aromatic N) is 1. The van der Waals surface area contributed by atoms with E-state index >= 15 is 0 Å². The highest BCUT2D eigenvalue weighted by atomic mass is 35.5. The van der Waals surface area contributed by atoms with Crippen LogP contribution >= 0.6 is 11.6 Å². The van der Waals surface area contributed by atoms with E-state index in [-0.39, 0.29) is 11.4 Å². The summed E-state index contributed by atoms with van der Waals surface area (Å²) in [7, 11) is 0. The summed E-state index contributed by atoms with van der Waals surface area (Å²) in [5.74, 6) is 0.670. The van der Waals surface area contributed by atoms with Gasteiger partial charge in [0.2, 0.25) is 5.75 Å². The van der Waals surface area contributed by atoms with Crippen LogP contribution in [-0.2, 0) is 6.54 Å². The fourth-order valence-electron chi connectivity index (χ4n) is 1.84. The van der Waals surface area contributed by atoms with Gasteiger partial charge in [-0.3, -0.25) is 10.1 Å². The molecule has 110 valence electrons. The molecule has 1 N–H and O–H groups in total. The second-order valence-electron chi connectivity index (χ2n) is 4.40. The molecular weight excluding hydrogens is 292 g/mol. The monoisotopic (exact) mass is 306 g/mol. The molecule has 5 nitrogen and oxygen atoms in total. The Morgan fingerprint density at radius 2 is 2.10 bits per heavy atom. The average molecular weight is 307 g/mol. The Balaban J connectivity index is 2.25. The van der Waals surface area contributed by atoms with Gasteiger partial charge in [-0.1, -0.05) is 30.7 Å². The Morgan fingerprint density at radius 1 is 1.29 bits per heavy atom. The molecule has 0 aliphatic carbocycles. The lowest BCUT2D eigenvalue weighted by Crippen LogP contribution is -2.11. The zero-order valence-electron chi connectivity index (χ0n) is 11.5. The van der Waals surface area contributed by atoms with Crippen molar-refractivity contribution in [2.45, 2.75) is 13.5 Å². The van der Waals surface area contributed by atoms with E-state index in [1.54, 1.807) is 6.07 Å². The molecule has 6 heteroatoms. The van der Waals surface area contributed by atoms with E-state index in [2.05, 4.69) is 5.32 Å². The fourth-order valence-corrected chi connectivity index (χ4v) is 2.00. The molecule has 0 aliphatic heterocycles. The molecule has 0 atom stereocenters. The van der Waals surface area contributed by atoms with Crippen LogP contribution in [-0.4, -0.2) is 11.5 Å². The van der Waals surface area contributed by atoms with Crippen LogP contribution in [0.2, 0.25) is 5.02 Å². The van der Waals surface area contributed by atoms with E-state index in [4.69, 9.17) is 16.3 Å². The van der Waals surface area contributed by atoms with E-state index in [1.807, 2.05) is 25.1 Å². The maximum Gasteiger partial charge on any atom is 0.311 e. The Kier molecular flexibility index (Phi) is 5.14. The number of nitro benzene ring substituents is 1. The van der Waals surface area contributed by atoms with E-state index in [9.17, 15) is 10.1 Å². The normalized spacial score (nSPS) is 10.4. The van der Waals surface area contributed by atoms with Crippen LogP contribution in [0.4, 0.5) is 5.69 Å². The number of hydrogen-bond donors (Lipinski definition) is 1. The number of rotatable bonds is 6. The van der Waals surface area contributed by atoms with Crippen molar-refractivity contribution in [3.63, 3.8) is 0 Å². The van der Waals surface area contributed by atoms with Crippen molar-refractivity contribution in [1.29, 1.82) is 0 Å². The number of halogens is 1. The van der Waals surface area contributed by atoms with Gasteiger partial charge in [-0.05, 0) is 30.3 Å². The minimum absolute atomic E-state index is 0.114. The van der Waals surface area contributed by atoms with Gasteiger partial charge in [0.25, 0.3) is 0 Å². The summed E-state index contributed by atoms with van der Waals surface area (Å²) in [5.41, 5.74) is 0.926. The Labute approximate surface area is 127 Å². The third-order valence-corrected chi connectivity index (χ3v) is 3.06. The van der Waals surface area contributed by atoms with Crippen LogP contribution in [0.5, 0.6) is 11.5 Å².